The summed E-state index contributed by atoms with van der Waals surface area (Å²) >= 11 is 5.52. The number of likely N-dealkylation sites (N-methyl/N-ethyl adjacent to an activating group) is 1. The molecule has 13 heteroatoms. The van der Waals surface area contributed by atoms with Gasteiger partial charge in [-0.3, -0.25) is 24.1 Å². The largest absolute Gasteiger partial charge is 0.417 e. The number of halogens is 4. The van der Waals surface area contributed by atoms with Gasteiger partial charge in [0.25, 0.3) is 0 Å². The molecule has 1 saturated heterocycles. The van der Waals surface area contributed by atoms with Crippen molar-refractivity contribution in [3.8, 4) is 0 Å². The zero-order valence-electron chi connectivity index (χ0n) is 16.6. The molecule has 1 fully saturated rings. The maximum absolute atomic E-state index is 12.9. The number of anilines is 1. The van der Waals surface area contributed by atoms with Crippen molar-refractivity contribution in [1.29, 1.82) is 0 Å². The van der Waals surface area contributed by atoms with Crippen LogP contribution in [-0.2, 0) is 25.4 Å². The summed E-state index contributed by atoms with van der Waals surface area (Å²) < 4.78 is 38.7. The van der Waals surface area contributed by atoms with E-state index in [-0.39, 0.29) is 5.69 Å². The Morgan fingerprint density at radius 3 is 2.29 bits per heavy atom. The number of amides is 6. The predicted molar refractivity (Wildman–Crippen MR) is 102 cm³/mol. The minimum atomic E-state index is -4.72. The molecule has 0 radical (unpaired) electrons. The number of nitrogens with zero attached hydrogens (tertiary/aromatic N) is 3. The molecule has 1 N–H and O–H groups in total. The lowest BCUT2D eigenvalue weighted by atomic mass is 10.2. The van der Waals surface area contributed by atoms with Crippen molar-refractivity contribution >= 4 is 46.9 Å². The molecule has 1 aliphatic rings. The van der Waals surface area contributed by atoms with Crippen LogP contribution in [-0.4, -0.2) is 70.5 Å². The van der Waals surface area contributed by atoms with Gasteiger partial charge in [-0.15, -0.1) is 0 Å². The summed E-state index contributed by atoms with van der Waals surface area (Å²) in [4.78, 5) is 62.4. The van der Waals surface area contributed by atoms with Crippen molar-refractivity contribution in [3.05, 3.63) is 28.8 Å². The first kappa shape index (κ1) is 24.1. The molecule has 31 heavy (non-hydrogen) atoms. The van der Waals surface area contributed by atoms with Crippen LogP contribution in [0.15, 0.2) is 18.2 Å². The highest BCUT2D eigenvalue weighted by Gasteiger charge is 2.46. The van der Waals surface area contributed by atoms with E-state index in [1.54, 1.807) is 0 Å². The second-order valence-electron chi connectivity index (χ2n) is 6.93. The monoisotopic (exact) mass is 462 g/mol. The summed E-state index contributed by atoms with van der Waals surface area (Å²) in [5.41, 5.74) is -1.33. The van der Waals surface area contributed by atoms with E-state index < -0.39 is 65.6 Å². The normalized spacial score (nSPS) is 14.5. The summed E-state index contributed by atoms with van der Waals surface area (Å²) in [6, 6.07) is 1.24. The minimum absolute atomic E-state index is 0.189. The third-order valence-electron chi connectivity index (χ3n) is 4.26. The zero-order valence-corrected chi connectivity index (χ0v) is 17.4. The highest BCUT2D eigenvalue weighted by molar-refractivity contribution is 6.45. The Labute approximate surface area is 179 Å². The van der Waals surface area contributed by atoms with Crippen LogP contribution in [0, 0.1) is 0 Å². The molecule has 0 unspecified atom stereocenters. The van der Waals surface area contributed by atoms with Crippen molar-refractivity contribution in [1.82, 2.24) is 14.7 Å². The lowest BCUT2D eigenvalue weighted by Gasteiger charge is -2.21. The van der Waals surface area contributed by atoms with E-state index in [0.717, 1.165) is 17.0 Å². The van der Waals surface area contributed by atoms with Gasteiger partial charge in [-0.1, -0.05) is 11.6 Å². The summed E-state index contributed by atoms with van der Waals surface area (Å²) in [7, 11) is 1.19. The first-order valence-electron chi connectivity index (χ1n) is 8.83. The van der Waals surface area contributed by atoms with Crippen LogP contribution in [0.4, 0.5) is 23.7 Å². The molecular weight excluding hydrogens is 445 g/mol. The number of nitrogens with one attached hydrogen (secondary N) is 1. The molecule has 0 saturated carbocycles. The Morgan fingerprint density at radius 1 is 1.16 bits per heavy atom. The molecule has 1 heterocycles. The lowest BCUT2D eigenvalue weighted by Crippen LogP contribution is -2.44. The van der Waals surface area contributed by atoms with Crippen LogP contribution in [0.1, 0.15) is 19.4 Å². The number of urea groups is 1. The van der Waals surface area contributed by atoms with Crippen molar-refractivity contribution in [3.63, 3.8) is 0 Å². The van der Waals surface area contributed by atoms with Crippen LogP contribution < -0.4 is 5.32 Å². The average Bonchev–Trinajstić information content (AvgIpc) is 2.85. The molecule has 0 spiro atoms. The van der Waals surface area contributed by atoms with E-state index in [2.05, 4.69) is 5.32 Å². The van der Waals surface area contributed by atoms with E-state index in [1.165, 1.54) is 20.9 Å². The van der Waals surface area contributed by atoms with Gasteiger partial charge < -0.3 is 10.2 Å². The topological polar surface area (TPSA) is 107 Å². The van der Waals surface area contributed by atoms with Crippen LogP contribution >= 0.6 is 11.6 Å². The summed E-state index contributed by atoms with van der Waals surface area (Å²) in [6.07, 6.45) is -4.72. The maximum atomic E-state index is 12.9. The van der Waals surface area contributed by atoms with Gasteiger partial charge in [0.1, 0.15) is 6.54 Å². The molecule has 168 valence electrons. The predicted octanol–water partition coefficient (Wildman–Crippen LogP) is 1.95. The molecule has 1 aromatic rings. The number of carbonyl (C=O) groups is 5. The molecule has 1 aliphatic heterocycles. The van der Waals surface area contributed by atoms with Gasteiger partial charge in [0.05, 0.1) is 17.1 Å². The van der Waals surface area contributed by atoms with Crippen molar-refractivity contribution in [2.24, 2.45) is 0 Å². The van der Waals surface area contributed by atoms with Gasteiger partial charge in [0.2, 0.25) is 11.8 Å². The van der Waals surface area contributed by atoms with Crippen LogP contribution in [0.25, 0.3) is 0 Å². The number of hydrogen-bond acceptors (Lipinski definition) is 5. The van der Waals surface area contributed by atoms with Gasteiger partial charge in [-0.25, -0.2) is 9.69 Å². The quantitative estimate of drug-likeness (QED) is 0.513. The van der Waals surface area contributed by atoms with E-state index in [4.69, 9.17) is 11.6 Å². The van der Waals surface area contributed by atoms with Gasteiger partial charge in [-0.05, 0) is 32.0 Å². The maximum Gasteiger partial charge on any atom is 0.417 e. The average molecular weight is 463 g/mol. The first-order valence-corrected chi connectivity index (χ1v) is 9.21. The van der Waals surface area contributed by atoms with Crippen molar-refractivity contribution in [2.75, 3.05) is 25.5 Å². The van der Waals surface area contributed by atoms with E-state index in [9.17, 15) is 37.1 Å². The van der Waals surface area contributed by atoms with E-state index in [1.807, 2.05) is 0 Å². The Bertz CT molecular complexity index is 951. The van der Waals surface area contributed by atoms with E-state index >= 15 is 0 Å². The number of rotatable bonds is 6. The second kappa shape index (κ2) is 8.92. The SMILES string of the molecule is CC(C)N1C(=O)C(=O)N(CC(=O)N(C)CC(=O)Nc2ccc(Cl)c(C(F)(F)F)c2)C1=O. The van der Waals surface area contributed by atoms with E-state index in [0.29, 0.717) is 15.9 Å². The fourth-order valence-corrected chi connectivity index (χ4v) is 2.92. The third kappa shape index (κ3) is 5.32. The van der Waals surface area contributed by atoms with Crippen molar-refractivity contribution in [2.45, 2.75) is 26.1 Å². The fraction of sp³-hybridized carbons (Fsp3) is 0.389. The molecule has 0 aromatic heterocycles. The number of hydrogen-bond donors (Lipinski definition) is 1. The first-order chi connectivity index (χ1) is 14.2. The lowest BCUT2D eigenvalue weighted by molar-refractivity contribution is -0.145. The highest BCUT2D eigenvalue weighted by atomic mass is 35.5. The molecule has 0 bridgehead atoms. The number of benzene rings is 1. The second-order valence-corrected chi connectivity index (χ2v) is 7.34. The number of carbonyl (C=O) groups excluding carboxylic acids is 5. The molecule has 6 amide bonds. The summed E-state index contributed by atoms with van der Waals surface area (Å²) in [5, 5.41) is 1.67. The smallest absolute Gasteiger partial charge is 0.335 e. The Kier molecular flexibility index (Phi) is 6.94. The van der Waals surface area contributed by atoms with Crippen molar-refractivity contribution < 1.29 is 37.1 Å². The minimum Gasteiger partial charge on any atom is -0.335 e. The molecule has 9 nitrogen and oxygen atoms in total. The number of alkyl halides is 3. The van der Waals surface area contributed by atoms with Gasteiger partial charge in [0.15, 0.2) is 0 Å². The molecule has 1 aromatic carbocycles. The van der Waals surface area contributed by atoms with Gasteiger partial charge >= 0.3 is 24.0 Å². The number of imide groups is 2. The summed E-state index contributed by atoms with van der Waals surface area (Å²) in [5.74, 6) is -3.88. The molecule has 0 atom stereocenters. The highest BCUT2D eigenvalue weighted by Crippen LogP contribution is 2.36. The van der Waals surface area contributed by atoms with Crippen LogP contribution in [0.5, 0.6) is 0 Å². The molecule has 0 aliphatic carbocycles. The van der Waals surface area contributed by atoms with Gasteiger partial charge in [-0.2, -0.15) is 13.2 Å². The Balaban J connectivity index is 2.01. The van der Waals surface area contributed by atoms with Crippen LogP contribution in [0.2, 0.25) is 5.02 Å². The standard InChI is InChI=1S/C18H18ClF3N4O5/c1-9(2)26-16(30)15(29)25(17(26)31)8-14(28)24(3)7-13(27)23-10-4-5-12(19)11(6-10)18(20,21)22/h4-6,9H,7-8H2,1-3H3,(H,23,27). The zero-order chi connectivity index (χ0) is 23.7. The summed E-state index contributed by atoms with van der Waals surface area (Å²) in [6.45, 7) is 1.69. The Hall–Kier alpha value is -3.15. The van der Waals surface area contributed by atoms with Crippen LogP contribution in [0.3, 0.4) is 0 Å². The fourth-order valence-electron chi connectivity index (χ4n) is 2.70. The van der Waals surface area contributed by atoms with Gasteiger partial charge in [0, 0.05) is 18.8 Å². The molecular formula is C18H18ClF3N4O5. The Morgan fingerprint density at radius 2 is 1.77 bits per heavy atom. The molecule has 2 rings (SSSR count). The third-order valence-corrected chi connectivity index (χ3v) is 4.59.